The van der Waals surface area contributed by atoms with E-state index in [1.54, 1.807) is 0 Å². The first-order chi connectivity index (χ1) is 9.70. The summed E-state index contributed by atoms with van der Waals surface area (Å²) in [6.45, 7) is 7.80. The molecule has 0 saturated heterocycles. The molecule has 0 aliphatic heterocycles. The van der Waals surface area contributed by atoms with Crippen LogP contribution in [0.5, 0.6) is 0 Å². The van der Waals surface area contributed by atoms with E-state index in [0.29, 0.717) is 12.0 Å². The summed E-state index contributed by atoms with van der Waals surface area (Å²) in [6.07, 6.45) is 2.32. The fraction of sp³-hybridized carbons (Fsp3) is 0.444. The molecule has 1 aromatic heterocycles. The summed E-state index contributed by atoms with van der Waals surface area (Å²) in [6, 6.07) is 13.8. The molecular weight excluding hydrogens is 262 g/mol. The SMILES string of the molecule is CCCNC(c1ccc(CC(C)C)cc1)c1cccs1. The monoisotopic (exact) mass is 287 g/mol. The summed E-state index contributed by atoms with van der Waals surface area (Å²) < 4.78 is 0. The molecule has 20 heavy (non-hydrogen) atoms. The maximum Gasteiger partial charge on any atom is 0.0671 e. The molecule has 1 aromatic carbocycles. The predicted octanol–water partition coefficient (Wildman–Crippen LogP) is 5.04. The Kier molecular flexibility index (Phi) is 5.81. The van der Waals surface area contributed by atoms with Crippen molar-refractivity contribution < 1.29 is 0 Å². The number of rotatable bonds is 7. The van der Waals surface area contributed by atoms with Gasteiger partial charge in [0.05, 0.1) is 6.04 Å². The van der Waals surface area contributed by atoms with Gasteiger partial charge < -0.3 is 5.32 Å². The van der Waals surface area contributed by atoms with Crippen LogP contribution in [0.15, 0.2) is 41.8 Å². The molecule has 0 radical (unpaired) electrons. The van der Waals surface area contributed by atoms with Crippen LogP contribution in [-0.2, 0) is 6.42 Å². The molecular formula is C18H25NS. The second kappa shape index (κ2) is 7.61. The van der Waals surface area contributed by atoms with Crippen molar-refractivity contribution in [3.63, 3.8) is 0 Å². The van der Waals surface area contributed by atoms with Gasteiger partial charge in [0, 0.05) is 4.88 Å². The van der Waals surface area contributed by atoms with Crippen LogP contribution in [0.1, 0.15) is 49.2 Å². The first-order valence-corrected chi connectivity index (χ1v) is 8.44. The van der Waals surface area contributed by atoms with Gasteiger partial charge >= 0.3 is 0 Å². The molecule has 2 aromatic rings. The molecule has 0 fully saturated rings. The van der Waals surface area contributed by atoms with Crippen LogP contribution in [0.25, 0.3) is 0 Å². The van der Waals surface area contributed by atoms with Gasteiger partial charge in [-0.1, -0.05) is 51.1 Å². The molecule has 0 saturated carbocycles. The van der Waals surface area contributed by atoms with Crippen LogP contribution >= 0.6 is 11.3 Å². The molecule has 0 bridgehead atoms. The summed E-state index contributed by atoms with van der Waals surface area (Å²) in [7, 11) is 0. The number of hydrogen-bond donors (Lipinski definition) is 1. The number of nitrogens with one attached hydrogen (secondary N) is 1. The van der Waals surface area contributed by atoms with E-state index in [1.807, 2.05) is 11.3 Å². The largest absolute Gasteiger partial charge is 0.306 e. The van der Waals surface area contributed by atoms with Crippen molar-refractivity contribution in [2.24, 2.45) is 5.92 Å². The molecule has 2 heteroatoms. The van der Waals surface area contributed by atoms with E-state index in [0.717, 1.165) is 19.4 Å². The third-order valence-corrected chi connectivity index (χ3v) is 4.32. The lowest BCUT2D eigenvalue weighted by Crippen LogP contribution is -2.22. The fourth-order valence-corrected chi connectivity index (χ4v) is 3.27. The molecule has 1 atom stereocenters. The average Bonchev–Trinajstić information content (AvgIpc) is 2.94. The van der Waals surface area contributed by atoms with Gasteiger partial charge in [0.15, 0.2) is 0 Å². The van der Waals surface area contributed by atoms with Gasteiger partial charge in [-0.3, -0.25) is 0 Å². The molecule has 0 aliphatic carbocycles. The zero-order chi connectivity index (χ0) is 14.4. The lowest BCUT2D eigenvalue weighted by Gasteiger charge is -2.18. The number of hydrogen-bond acceptors (Lipinski definition) is 2. The van der Waals surface area contributed by atoms with Crippen LogP contribution in [0, 0.1) is 5.92 Å². The van der Waals surface area contributed by atoms with Crippen LogP contribution < -0.4 is 5.32 Å². The Bertz CT molecular complexity index is 485. The van der Waals surface area contributed by atoms with E-state index in [9.17, 15) is 0 Å². The van der Waals surface area contributed by atoms with Crippen molar-refractivity contribution in [2.75, 3.05) is 6.54 Å². The minimum Gasteiger partial charge on any atom is -0.306 e. The predicted molar refractivity (Wildman–Crippen MR) is 89.4 cm³/mol. The van der Waals surface area contributed by atoms with E-state index in [1.165, 1.54) is 16.0 Å². The van der Waals surface area contributed by atoms with Crippen LogP contribution in [0.3, 0.4) is 0 Å². The highest BCUT2D eigenvalue weighted by Gasteiger charge is 2.14. The lowest BCUT2D eigenvalue weighted by atomic mass is 9.99. The molecule has 0 amide bonds. The van der Waals surface area contributed by atoms with Gasteiger partial charge in [-0.25, -0.2) is 0 Å². The highest BCUT2D eigenvalue weighted by atomic mass is 32.1. The van der Waals surface area contributed by atoms with Crippen molar-refractivity contribution in [3.8, 4) is 0 Å². The Balaban J connectivity index is 2.16. The zero-order valence-electron chi connectivity index (χ0n) is 12.7. The Hall–Kier alpha value is -1.12. The highest BCUT2D eigenvalue weighted by molar-refractivity contribution is 7.10. The Morgan fingerprint density at radius 2 is 1.85 bits per heavy atom. The quantitative estimate of drug-likeness (QED) is 0.752. The summed E-state index contributed by atoms with van der Waals surface area (Å²) in [5, 5.41) is 5.81. The van der Waals surface area contributed by atoms with Gasteiger partial charge in [-0.05, 0) is 47.9 Å². The van der Waals surface area contributed by atoms with Crippen LogP contribution in [-0.4, -0.2) is 6.54 Å². The number of benzene rings is 1. The van der Waals surface area contributed by atoms with Gasteiger partial charge in [-0.2, -0.15) is 0 Å². The van der Waals surface area contributed by atoms with Crippen molar-refractivity contribution >= 4 is 11.3 Å². The minimum atomic E-state index is 0.336. The van der Waals surface area contributed by atoms with Crippen molar-refractivity contribution in [2.45, 2.75) is 39.7 Å². The van der Waals surface area contributed by atoms with E-state index in [4.69, 9.17) is 0 Å². The van der Waals surface area contributed by atoms with Crippen molar-refractivity contribution in [1.82, 2.24) is 5.32 Å². The summed E-state index contributed by atoms with van der Waals surface area (Å²) in [5.74, 6) is 0.715. The highest BCUT2D eigenvalue weighted by Crippen LogP contribution is 2.26. The van der Waals surface area contributed by atoms with E-state index in [-0.39, 0.29) is 0 Å². The average molecular weight is 287 g/mol. The van der Waals surface area contributed by atoms with E-state index >= 15 is 0 Å². The molecule has 0 aliphatic rings. The lowest BCUT2D eigenvalue weighted by molar-refractivity contribution is 0.605. The second-order valence-electron chi connectivity index (χ2n) is 5.74. The van der Waals surface area contributed by atoms with Crippen molar-refractivity contribution in [3.05, 3.63) is 57.8 Å². The van der Waals surface area contributed by atoms with E-state index < -0.39 is 0 Å². The maximum atomic E-state index is 3.66. The molecule has 108 valence electrons. The van der Waals surface area contributed by atoms with E-state index in [2.05, 4.69) is 67.9 Å². The standard InChI is InChI=1S/C18H25NS/c1-4-11-19-18(17-6-5-12-20-17)16-9-7-15(8-10-16)13-14(2)3/h5-10,12,14,18-19H,4,11,13H2,1-3H3. The molecule has 1 N–H and O–H groups in total. The summed E-state index contributed by atoms with van der Waals surface area (Å²) in [4.78, 5) is 1.40. The second-order valence-corrected chi connectivity index (χ2v) is 6.72. The molecule has 1 nitrogen and oxygen atoms in total. The van der Waals surface area contributed by atoms with Crippen molar-refractivity contribution in [1.29, 1.82) is 0 Å². The van der Waals surface area contributed by atoms with Crippen LogP contribution in [0.4, 0.5) is 0 Å². The van der Waals surface area contributed by atoms with Crippen LogP contribution in [0.2, 0.25) is 0 Å². The molecule has 1 heterocycles. The maximum absolute atomic E-state index is 3.66. The fourth-order valence-electron chi connectivity index (χ4n) is 2.44. The minimum absolute atomic E-state index is 0.336. The van der Waals surface area contributed by atoms with Gasteiger partial charge in [0.1, 0.15) is 0 Å². The van der Waals surface area contributed by atoms with Gasteiger partial charge in [0.25, 0.3) is 0 Å². The molecule has 0 spiro atoms. The Labute approximate surface area is 127 Å². The normalized spacial score (nSPS) is 12.8. The molecule has 2 rings (SSSR count). The molecule has 1 unspecified atom stereocenters. The zero-order valence-corrected chi connectivity index (χ0v) is 13.5. The Morgan fingerprint density at radius 3 is 2.40 bits per heavy atom. The Morgan fingerprint density at radius 1 is 1.10 bits per heavy atom. The van der Waals surface area contributed by atoms with Gasteiger partial charge in [-0.15, -0.1) is 11.3 Å². The summed E-state index contributed by atoms with van der Waals surface area (Å²) in [5.41, 5.74) is 2.80. The third kappa shape index (κ3) is 4.19. The summed E-state index contributed by atoms with van der Waals surface area (Å²) >= 11 is 1.83. The van der Waals surface area contributed by atoms with Gasteiger partial charge in [0.2, 0.25) is 0 Å². The topological polar surface area (TPSA) is 12.0 Å². The number of thiophene rings is 1. The first-order valence-electron chi connectivity index (χ1n) is 7.56. The third-order valence-electron chi connectivity index (χ3n) is 3.38. The smallest absolute Gasteiger partial charge is 0.0671 e. The first kappa shape index (κ1) is 15.3.